The average molecular weight is 393 g/mol. The normalized spacial score (nSPS) is 15.4. The summed E-state index contributed by atoms with van der Waals surface area (Å²) in [6, 6.07) is 7.61. The first kappa shape index (κ1) is 17.6. The molecule has 1 saturated carbocycles. The number of benzene rings is 1. The summed E-state index contributed by atoms with van der Waals surface area (Å²) in [6.45, 7) is 1.83. The molecule has 1 atom stereocenters. The molecule has 3 heterocycles. The van der Waals surface area contributed by atoms with Crippen LogP contribution >= 0.6 is 0 Å². The lowest BCUT2D eigenvalue weighted by molar-refractivity contribution is 0.284. The summed E-state index contributed by atoms with van der Waals surface area (Å²) in [6.07, 6.45) is 7.15. The van der Waals surface area contributed by atoms with Crippen molar-refractivity contribution in [3.05, 3.63) is 54.1 Å². The molecule has 0 bridgehead atoms. The van der Waals surface area contributed by atoms with Crippen molar-refractivity contribution in [1.29, 1.82) is 0 Å². The molecule has 4 aromatic rings. The van der Waals surface area contributed by atoms with Crippen LogP contribution in [0.3, 0.4) is 0 Å². The highest BCUT2D eigenvalue weighted by molar-refractivity contribution is 5.59. The quantitative estimate of drug-likeness (QED) is 0.537. The zero-order valence-electron chi connectivity index (χ0n) is 15.8. The Morgan fingerprint density at radius 2 is 2.10 bits per heavy atom. The van der Waals surface area contributed by atoms with Gasteiger partial charge in [0.25, 0.3) is 0 Å². The number of imidazole rings is 1. The second kappa shape index (κ2) is 6.84. The summed E-state index contributed by atoms with van der Waals surface area (Å²) >= 11 is 0. The first-order chi connectivity index (χ1) is 14.1. The predicted molar refractivity (Wildman–Crippen MR) is 105 cm³/mol. The van der Waals surface area contributed by atoms with Crippen LogP contribution in [0.1, 0.15) is 43.8 Å². The zero-order valence-corrected chi connectivity index (χ0v) is 15.8. The molecule has 9 heteroatoms. The largest absolute Gasteiger partial charge is 0.508 e. The molecule has 0 saturated heterocycles. The molecule has 1 aliphatic rings. The van der Waals surface area contributed by atoms with Crippen molar-refractivity contribution >= 4 is 11.5 Å². The van der Waals surface area contributed by atoms with Gasteiger partial charge in [0, 0.05) is 5.56 Å². The molecule has 3 aromatic heterocycles. The van der Waals surface area contributed by atoms with E-state index < -0.39 is 5.82 Å². The molecule has 5 rings (SSSR count). The van der Waals surface area contributed by atoms with Crippen molar-refractivity contribution in [3.8, 4) is 17.1 Å². The lowest BCUT2D eigenvalue weighted by Crippen LogP contribution is -2.17. The number of anilines is 1. The highest BCUT2D eigenvalue weighted by atomic mass is 19.1. The van der Waals surface area contributed by atoms with Gasteiger partial charge in [0.2, 0.25) is 0 Å². The molecule has 0 spiro atoms. The fourth-order valence-electron chi connectivity index (χ4n) is 3.52. The van der Waals surface area contributed by atoms with E-state index in [1.54, 1.807) is 16.8 Å². The fraction of sp³-hybridized carbons (Fsp3) is 0.300. The van der Waals surface area contributed by atoms with Gasteiger partial charge in [-0.3, -0.25) is 0 Å². The highest BCUT2D eigenvalue weighted by Gasteiger charge is 2.22. The van der Waals surface area contributed by atoms with Crippen molar-refractivity contribution in [1.82, 2.24) is 29.6 Å². The van der Waals surface area contributed by atoms with Gasteiger partial charge >= 0.3 is 0 Å². The number of fused-ring (bicyclic) bond motifs is 1. The Hall–Kier alpha value is -3.49. The van der Waals surface area contributed by atoms with Gasteiger partial charge in [0.1, 0.15) is 28.8 Å². The van der Waals surface area contributed by atoms with E-state index in [9.17, 15) is 9.50 Å². The third-order valence-corrected chi connectivity index (χ3v) is 5.40. The van der Waals surface area contributed by atoms with Crippen LogP contribution < -0.4 is 5.32 Å². The molecular formula is C20H20FN7O. The Balaban J connectivity index is 1.44. The van der Waals surface area contributed by atoms with Crippen molar-refractivity contribution in [2.45, 2.75) is 38.3 Å². The number of hydrogen-bond acceptors (Lipinski definition) is 6. The van der Waals surface area contributed by atoms with Crippen LogP contribution in [0.4, 0.5) is 10.2 Å². The number of aromatic hydroxyl groups is 1. The Morgan fingerprint density at radius 3 is 2.90 bits per heavy atom. The molecule has 0 aliphatic heterocycles. The minimum absolute atomic E-state index is 0.0309. The van der Waals surface area contributed by atoms with E-state index in [4.69, 9.17) is 0 Å². The maximum atomic E-state index is 13.6. The van der Waals surface area contributed by atoms with Crippen LogP contribution in [0, 0.1) is 5.82 Å². The lowest BCUT2D eigenvalue weighted by Gasteiger charge is -2.24. The number of rotatable bonds is 5. The van der Waals surface area contributed by atoms with E-state index in [0.717, 1.165) is 18.5 Å². The van der Waals surface area contributed by atoms with Crippen LogP contribution in [0.5, 0.6) is 5.75 Å². The molecule has 29 heavy (non-hydrogen) atoms. The topological polar surface area (TPSA) is 93.2 Å². The summed E-state index contributed by atoms with van der Waals surface area (Å²) in [4.78, 5) is 4.39. The molecule has 0 unspecified atom stereocenters. The zero-order chi connectivity index (χ0) is 20.0. The van der Waals surface area contributed by atoms with Crippen molar-refractivity contribution in [2.24, 2.45) is 0 Å². The average Bonchev–Trinajstić information content (AvgIpc) is 3.29. The smallest absolute Gasteiger partial charge is 0.154 e. The van der Waals surface area contributed by atoms with Crippen LogP contribution in [0.2, 0.25) is 0 Å². The lowest BCUT2D eigenvalue weighted by atomic mass is 9.93. The van der Waals surface area contributed by atoms with Gasteiger partial charge in [-0.15, -0.1) is 10.2 Å². The standard InChI is InChI=1S/C20H20FN7O/c1-12(15-9-13(21)5-6-18(15)29)23-19-7-8-20-22-10-17(28(20)25-19)16-11-27(26-24-16)14-3-2-4-14/h5-12,14,29H,2-4H2,1H3,(H,23,25)/t12-/m1/s1. The number of hydrogen-bond donors (Lipinski definition) is 2. The first-order valence-corrected chi connectivity index (χ1v) is 9.60. The predicted octanol–water partition coefficient (Wildman–Crippen LogP) is 3.73. The van der Waals surface area contributed by atoms with Crippen molar-refractivity contribution in [3.63, 3.8) is 0 Å². The molecule has 1 fully saturated rings. The van der Waals surface area contributed by atoms with Gasteiger partial charge in [-0.25, -0.2) is 18.6 Å². The monoisotopic (exact) mass is 393 g/mol. The first-order valence-electron chi connectivity index (χ1n) is 9.60. The SMILES string of the molecule is C[C@@H](Nc1ccc2ncc(-c3cn(C4CCC4)nn3)n2n1)c1cc(F)ccc1O. The third kappa shape index (κ3) is 3.18. The fourth-order valence-corrected chi connectivity index (χ4v) is 3.52. The number of nitrogens with zero attached hydrogens (tertiary/aromatic N) is 6. The summed E-state index contributed by atoms with van der Waals surface area (Å²) < 4.78 is 17.2. The molecule has 0 amide bonds. The molecule has 8 nitrogen and oxygen atoms in total. The van der Waals surface area contributed by atoms with Crippen molar-refractivity contribution < 1.29 is 9.50 Å². The minimum Gasteiger partial charge on any atom is -0.508 e. The van der Waals surface area contributed by atoms with E-state index >= 15 is 0 Å². The van der Waals surface area contributed by atoms with Crippen molar-refractivity contribution in [2.75, 3.05) is 5.32 Å². The molecule has 1 aromatic carbocycles. The van der Waals surface area contributed by atoms with Gasteiger partial charge in [-0.05, 0) is 56.5 Å². The van der Waals surface area contributed by atoms with E-state index in [1.807, 2.05) is 23.9 Å². The minimum atomic E-state index is -0.402. The summed E-state index contributed by atoms with van der Waals surface area (Å²) in [5.41, 5.74) is 2.60. The maximum Gasteiger partial charge on any atom is 0.154 e. The summed E-state index contributed by atoms with van der Waals surface area (Å²) in [5, 5.41) is 26.4. The molecule has 0 radical (unpaired) electrons. The highest BCUT2D eigenvalue weighted by Crippen LogP contribution is 2.32. The van der Waals surface area contributed by atoms with Crippen LogP contribution in [-0.2, 0) is 0 Å². The van der Waals surface area contributed by atoms with Gasteiger partial charge in [0.15, 0.2) is 5.65 Å². The summed E-state index contributed by atoms with van der Waals surface area (Å²) in [5.74, 6) is 0.198. The Bertz CT molecular complexity index is 1180. The van der Waals surface area contributed by atoms with Crippen LogP contribution in [-0.4, -0.2) is 34.7 Å². The molecular weight excluding hydrogens is 373 g/mol. The van der Waals surface area contributed by atoms with Crippen LogP contribution in [0.25, 0.3) is 17.0 Å². The number of phenolic OH excluding ortho intramolecular Hbond substituents is 1. The second-order valence-corrected chi connectivity index (χ2v) is 7.37. The van der Waals surface area contributed by atoms with Gasteiger partial charge < -0.3 is 10.4 Å². The van der Waals surface area contributed by atoms with Gasteiger partial charge in [0.05, 0.1) is 24.5 Å². The second-order valence-electron chi connectivity index (χ2n) is 7.37. The Labute approximate surface area is 166 Å². The van der Waals surface area contributed by atoms with E-state index in [1.165, 1.54) is 24.6 Å². The molecule has 148 valence electrons. The van der Waals surface area contributed by atoms with E-state index in [0.29, 0.717) is 28.8 Å². The summed E-state index contributed by atoms with van der Waals surface area (Å²) in [7, 11) is 0. The van der Waals surface area contributed by atoms with Gasteiger partial charge in [-0.2, -0.15) is 0 Å². The van der Waals surface area contributed by atoms with Crippen LogP contribution in [0.15, 0.2) is 42.7 Å². The number of halogens is 1. The number of phenols is 1. The Kier molecular flexibility index (Phi) is 4.15. The third-order valence-electron chi connectivity index (χ3n) is 5.40. The van der Waals surface area contributed by atoms with Gasteiger partial charge in [-0.1, -0.05) is 5.21 Å². The molecule has 1 aliphatic carbocycles. The number of nitrogens with one attached hydrogen (secondary N) is 1. The number of aromatic nitrogens is 6. The Morgan fingerprint density at radius 1 is 1.24 bits per heavy atom. The molecule has 2 N–H and O–H groups in total. The maximum absolute atomic E-state index is 13.6. The van der Waals surface area contributed by atoms with E-state index in [2.05, 4.69) is 25.7 Å². The van der Waals surface area contributed by atoms with E-state index in [-0.39, 0.29) is 11.8 Å².